The highest BCUT2D eigenvalue weighted by atomic mass is 35.5. The summed E-state index contributed by atoms with van der Waals surface area (Å²) in [4.78, 5) is 17.2. The van der Waals surface area contributed by atoms with E-state index in [4.69, 9.17) is 11.6 Å². The molecule has 1 amide bonds. The SMILES string of the molecule is O=C(NCc1ncc2ccccn12)C(c1ccc(Cl)cc1)C1CC1. The highest BCUT2D eigenvalue weighted by Gasteiger charge is 2.37. The Hall–Kier alpha value is -2.33. The van der Waals surface area contributed by atoms with Crippen molar-refractivity contribution in [2.45, 2.75) is 25.3 Å². The third-order valence-corrected chi connectivity index (χ3v) is 4.79. The number of rotatable bonds is 5. The molecule has 1 aliphatic rings. The van der Waals surface area contributed by atoms with E-state index in [2.05, 4.69) is 10.3 Å². The Labute approximate surface area is 145 Å². The quantitative estimate of drug-likeness (QED) is 0.768. The van der Waals surface area contributed by atoms with Gasteiger partial charge in [-0.1, -0.05) is 29.8 Å². The molecule has 1 saturated carbocycles. The molecule has 1 fully saturated rings. The highest BCUT2D eigenvalue weighted by molar-refractivity contribution is 6.30. The second kappa shape index (κ2) is 6.29. The number of imidazole rings is 1. The Morgan fingerprint density at radius 1 is 1.25 bits per heavy atom. The predicted molar refractivity (Wildman–Crippen MR) is 94.0 cm³/mol. The first-order valence-electron chi connectivity index (χ1n) is 8.16. The summed E-state index contributed by atoms with van der Waals surface area (Å²) in [7, 11) is 0. The van der Waals surface area contributed by atoms with Crippen molar-refractivity contribution in [2.24, 2.45) is 5.92 Å². The molecule has 0 aliphatic heterocycles. The lowest BCUT2D eigenvalue weighted by atomic mass is 9.93. The Morgan fingerprint density at radius 3 is 2.79 bits per heavy atom. The number of benzene rings is 1. The van der Waals surface area contributed by atoms with E-state index in [0.717, 1.165) is 29.7 Å². The molecule has 2 heterocycles. The van der Waals surface area contributed by atoms with Crippen LogP contribution < -0.4 is 5.32 Å². The lowest BCUT2D eigenvalue weighted by Crippen LogP contribution is -2.30. The topological polar surface area (TPSA) is 46.4 Å². The summed E-state index contributed by atoms with van der Waals surface area (Å²) in [5.41, 5.74) is 2.06. The van der Waals surface area contributed by atoms with Gasteiger partial charge in [0.2, 0.25) is 5.91 Å². The van der Waals surface area contributed by atoms with Gasteiger partial charge in [-0.05, 0) is 48.6 Å². The maximum absolute atomic E-state index is 12.8. The summed E-state index contributed by atoms with van der Waals surface area (Å²) in [6.45, 7) is 0.424. The fraction of sp³-hybridized carbons (Fsp3) is 0.263. The van der Waals surface area contributed by atoms with Gasteiger partial charge in [-0.15, -0.1) is 0 Å². The average molecular weight is 340 g/mol. The molecular weight excluding hydrogens is 322 g/mol. The Morgan fingerprint density at radius 2 is 2.04 bits per heavy atom. The minimum Gasteiger partial charge on any atom is -0.348 e. The van der Waals surface area contributed by atoms with Gasteiger partial charge in [-0.3, -0.25) is 4.79 Å². The number of fused-ring (bicyclic) bond motifs is 1. The van der Waals surface area contributed by atoms with Crippen molar-refractivity contribution in [3.05, 3.63) is 71.3 Å². The summed E-state index contributed by atoms with van der Waals surface area (Å²) in [5, 5.41) is 3.75. The number of hydrogen-bond donors (Lipinski definition) is 1. The van der Waals surface area contributed by atoms with Crippen molar-refractivity contribution in [3.8, 4) is 0 Å². The summed E-state index contributed by atoms with van der Waals surface area (Å²) >= 11 is 5.96. The van der Waals surface area contributed by atoms with Crippen molar-refractivity contribution >= 4 is 23.0 Å². The van der Waals surface area contributed by atoms with Crippen LogP contribution in [0.25, 0.3) is 5.52 Å². The number of nitrogens with zero attached hydrogens (tertiary/aromatic N) is 2. The molecule has 0 spiro atoms. The average Bonchev–Trinajstić information content (AvgIpc) is 3.34. The number of pyridine rings is 1. The fourth-order valence-electron chi connectivity index (χ4n) is 3.14. The summed E-state index contributed by atoms with van der Waals surface area (Å²) in [6.07, 6.45) is 5.99. The van der Waals surface area contributed by atoms with Crippen molar-refractivity contribution in [1.29, 1.82) is 0 Å². The molecule has 4 nitrogen and oxygen atoms in total. The van der Waals surface area contributed by atoms with E-state index in [-0.39, 0.29) is 11.8 Å². The molecule has 1 N–H and O–H groups in total. The Balaban J connectivity index is 1.50. The lowest BCUT2D eigenvalue weighted by molar-refractivity contribution is -0.123. The first-order valence-corrected chi connectivity index (χ1v) is 8.54. The second-order valence-corrected chi connectivity index (χ2v) is 6.69. The van der Waals surface area contributed by atoms with Crippen molar-refractivity contribution in [1.82, 2.24) is 14.7 Å². The van der Waals surface area contributed by atoms with E-state index in [9.17, 15) is 4.79 Å². The van der Waals surface area contributed by atoms with E-state index >= 15 is 0 Å². The number of carbonyl (C=O) groups excluding carboxylic acids is 1. The zero-order valence-corrected chi connectivity index (χ0v) is 13.9. The van der Waals surface area contributed by atoms with Crippen LogP contribution in [0.2, 0.25) is 5.02 Å². The third kappa shape index (κ3) is 3.02. The minimum atomic E-state index is -0.103. The zero-order chi connectivity index (χ0) is 16.5. The van der Waals surface area contributed by atoms with Crippen LogP contribution in [-0.2, 0) is 11.3 Å². The second-order valence-electron chi connectivity index (χ2n) is 6.25. The van der Waals surface area contributed by atoms with Gasteiger partial charge in [0.1, 0.15) is 5.82 Å². The van der Waals surface area contributed by atoms with E-state index in [1.165, 1.54) is 0 Å². The largest absolute Gasteiger partial charge is 0.348 e. The molecule has 1 unspecified atom stereocenters. The molecule has 1 aliphatic carbocycles. The molecule has 3 aromatic rings. The standard InChI is InChI=1S/C19H18ClN3O/c20-15-8-6-14(7-9-15)18(13-4-5-13)19(24)22-12-17-21-11-16-3-1-2-10-23(16)17/h1-3,6-11,13,18H,4-5,12H2,(H,22,24). The first-order chi connectivity index (χ1) is 11.7. The highest BCUT2D eigenvalue weighted by Crippen LogP contribution is 2.43. The molecule has 2 aromatic heterocycles. The zero-order valence-electron chi connectivity index (χ0n) is 13.2. The van der Waals surface area contributed by atoms with E-state index < -0.39 is 0 Å². The molecule has 1 aromatic carbocycles. The number of aromatic nitrogens is 2. The maximum Gasteiger partial charge on any atom is 0.228 e. The molecule has 24 heavy (non-hydrogen) atoms. The van der Waals surface area contributed by atoms with Crippen molar-refractivity contribution in [3.63, 3.8) is 0 Å². The van der Waals surface area contributed by atoms with Gasteiger partial charge in [0.25, 0.3) is 0 Å². The molecule has 0 radical (unpaired) electrons. The maximum atomic E-state index is 12.8. The summed E-state index contributed by atoms with van der Waals surface area (Å²) in [5.74, 6) is 1.23. The number of amides is 1. The fourth-order valence-corrected chi connectivity index (χ4v) is 3.27. The molecule has 4 rings (SSSR count). The van der Waals surface area contributed by atoms with Crippen LogP contribution in [0.1, 0.15) is 30.1 Å². The van der Waals surface area contributed by atoms with E-state index in [0.29, 0.717) is 17.5 Å². The van der Waals surface area contributed by atoms with Crippen LogP contribution in [0.3, 0.4) is 0 Å². The van der Waals surface area contributed by atoms with Crippen LogP contribution in [0.5, 0.6) is 0 Å². The lowest BCUT2D eigenvalue weighted by Gasteiger charge is -2.16. The third-order valence-electron chi connectivity index (χ3n) is 4.54. The van der Waals surface area contributed by atoms with Crippen LogP contribution >= 0.6 is 11.6 Å². The normalized spacial score (nSPS) is 15.4. The van der Waals surface area contributed by atoms with Gasteiger partial charge in [0.05, 0.1) is 24.2 Å². The van der Waals surface area contributed by atoms with Gasteiger partial charge in [0.15, 0.2) is 0 Å². The summed E-state index contributed by atoms with van der Waals surface area (Å²) in [6, 6.07) is 13.5. The predicted octanol–water partition coefficient (Wildman–Crippen LogP) is 3.80. The van der Waals surface area contributed by atoms with Crippen LogP contribution in [0.15, 0.2) is 54.9 Å². The van der Waals surface area contributed by atoms with Gasteiger partial charge in [-0.2, -0.15) is 0 Å². The molecule has 0 bridgehead atoms. The van der Waals surface area contributed by atoms with Gasteiger partial charge in [-0.25, -0.2) is 4.98 Å². The minimum absolute atomic E-state index is 0.0625. The number of carbonyl (C=O) groups is 1. The van der Waals surface area contributed by atoms with Gasteiger partial charge in [0, 0.05) is 11.2 Å². The van der Waals surface area contributed by atoms with Crippen molar-refractivity contribution in [2.75, 3.05) is 0 Å². The number of nitrogens with one attached hydrogen (secondary N) is 1. The van der Waals surface area contributed by atoms with Gasteiger partial charge >= 0.3 is 0 Å². The molecule has 1 atom stereocenters. The monoisotopic (exact) mass is 339 g/mol. The Kier molecular flexibility index (Phi) is 3.98. The Bertz CT molecular complexity index is 868. The van der Waals surface area contributed by atoms with Gasteiger partial charge < -0.3 is 9.72 Å². The first kappa shape index (κ1) is 15.2. The smallest absolute Gasteiger partial charge is 0.228 e. The van der Waals surface area contributed by atoms with Crippen LogP contribution in [0, 0.1) is 5.92 Å². The molecule has 122 valence electrons. The molecular formula is C19H18ClN3O. The van der Waals surface area contributed by atoms with E-state index in [1.54, 1.807) is 0 Å². The number of halogens is 1. The van der Waals surface area contributed by atoms with E-state index in [1.807, 2.05) is 59.3 Å². The number of hydrogen-bond acceptors (Lipinski definition) is 2. The van der Waals surface area contributed by atoms with Crippen LogP contribution in [-0.4, -0.2) is 15.3 Å². The molecule has 0 saturated heterocycles. The molecule has 5 heteroatoms. The summed E-state index contributed by atoms with van der Waals surface area (Å²) < 4.78 is 1.99. The van der Waals surface area contributed by atoms with Crippen LogP contribution in [0.4, 0.5) is 0 Å². The van der Waals surface area contributed by atoms with Crippen molar-refractivity contribution < 1.29 is 4.79 Å².